The number of halogens is 1. The van der Waals surface area contributed by atoms with E-state index in [9.17, 15) is 4.79 Å². The Bertz CT molecular complexity index is 1220. The monoisotopic (exact) mass is 510 g/mol. The molecule has 0 radical (unpaired) electrons. The number of thiocarbonyl (C=S) groups is 1. The lowest BCUT2D eigenvalue weighted by Gasteiger charge is -2.30. The molecular weight excluding hydrogens is 484 g/mol. The number of aliphatic hydroxyl groups is 1. The van der Waals surface area contributed by atoms with Crippen LogP contribution in [-0.4, -0.2) is 37.4 Å². The third-order valence-electron chi connectivity index (χ3n) is 7.21. The highest BCUT2D eigenvalue weighted by Gasteiger charge is 2.48. The Hall–Kier alpha value is -2.04. The van der Waals surface area contributed by atoms with Crippen molar-refractivity contribution in [3.8, 4) is 23.1 Å². The molecule has 3 aliphatic rings. The maximum atomic E-state index is 13.4. The summed E-state index contributed by atoms with van der Waals surface area (Å²) in [6, 6.07) is 9.99. The number of unbranched alkanes of at least 4 members (excludes halogenated alkanes) is 1. The molecule has 1 aromatic carbocycles. The number of aliphatic hydroxyl groups excluding tert-OH is 1. The van der Waals surface area contributed by atoms with Crippen molar-refractivity contribution in [1.29, 1.82) is 0 Å². The molecule has 3 fully saturated rings. The van der Waals surface area contributed by atoms with E-state index >= 15 is 0 Å². The number of hydrogen-bond acceptors (Lipinski definition) is 4. The van der Waals surface area contributed by atoms with Crippen LogP contribution in [0.5, 0.6) is 0 Å². The highest BCUT2D eigenvalue weighted by molar-refractivity contribution is 8.26. The number of thioether (sulfide) groups is 1. The van der Waals surface area contributed by atoms with Crippen LogP contribution in [0.1, 0.15) is 49.8 Å². The highest BCUT2D eigenvalue weighted by Crippen LogP contribution is 2.49. The fraction of sp³-hybridized carbons (Fsp3) is 0.407. The molecule has 176 valence electrons. The van der Waals surface area contributed by atoms with Crippen molar-refractivity contribution in [1.82, 2.24) is 9.47 Å². The highest BCUT2D eigenvalue weighted by atomic mass is 35.5. The van der Waals surface area contributed by atoms with Gasteiger partial charge in [-0.15, -0.1) is 0 Å². The molecule has 34 heavy (non-hydrogen) atoms. The zero-order valence-electron chi connectivity index (χ0n) is 19.1. The lowest BCUT2D eigenvalue weighted by Crippen LogP contribution is -2.41. The van der Waals surface area contributed by atoms with Crippen LogP contribution in [0.3, 0.4) is 0 Å². The lowest BCUT2D eigenvalue weighted by atomic mass is 9.94. The SMILES string of the molecule is Cn1c(C=C2SC(=S)N(C3CC4CCC3C4)C2=O)cc(C#CCCCO)c1-c1ccc(Cl)cc1. The van der Waals surface area contributed by atoms with Gasteiger partial charge in [0.2, 0.25) is 0 Å². The summed E-state index contributed by atoms with van der Waals surface area (Å²) in [6.07, 6.45) is 8.06. The van der Waals surface area contributed by atoms with E-state index in [4.69, 9.17) is 28.9 Å². The second kappa shape index (κ2) is 9.91. The maximum absolute atomic E-state index is 13.4. The Kier molecular flexibility index (Phi) is 6.90. The standard InChI is InChI=1S/C27H27ClN2O2S2/c1-29-22(15-20(5-3-2-4-12-31)25(29)18-8-10-21(28)11-9-18)16-24-26(32)30(27(33)34-24)23-14-17-6-7-19(23)13-17/h8-11,15-17,19,23,31H,2,4,6-7,12-14H2,1H3. The van der Waals surface area contributed by atoms with Crippen molar-refractivity contribution in [3.63, 3.8) is 0 Å². The largest absolute Gasteiger partial charge is 0.396 e. The van der Waals surface area contributed by atoms with Gasteiger partial charge < -0.3 is 9.67 Å². The predicted octanol–water partition coefficient (Wildman–Crippen LogP) is 5.86. The van der Waals surface area contributed by atoms with Crippen molar-refractivity contribution >= 4 is 51.9 Å². The van der Waals surface area contributed by atoms with Gasteiger partial charge in [-0.2, -0.15) is 0 Å². The first-order valence-electron chi connectivity index (χ1n) is 11.8. The van der Waals surface area contributed by atoms with Crippen LogP contribution < -0.4 is 0 Å². The van der Waals surface area contributed by atoms with Gasteiger partial charge in [-0.25, -0.2) is 0 Å². The molecule has 1 aliphatic heterocycles. The first-order valence-corrected chi connectivity index (χ1v) is 13.4. The van der Waals surface area contributed by atoms with Crippen LogP contribution in [0.25, 0.3) is 17.3 Å². The summed E-state index contributed by atoms with van der Waals surface area (Å²) in [7, 11) is 1.99. The summed E-state index contributed by atoms with van der Waals surface area (Å²) in [5.74, 6) is 7.82. The molecule has 1 amide bonds. The van der Waals surface area contributed by atoms with Crippen LogP contribution in [0.4, 0.5) is 0 Å². The molecule has 2 aliphatic carbocycles. The molecule has 1 saturated heterocycles. The number of benzene rings is 1. The van der Waals surface area contributed by atoms with Crippen molar-refractivity contribution in [2.45, 2.75) is 44.6 Å². The van der Waals surface area contributed by atoms with Crippen LogP contribution in [0, 0.1) is 23.7 Å². The zero-order valence-corrected chi connectivity index (χ0v) is 21.5. The summed E-state index contributed by atoms with van der Waals surface area (Å²) < 4.78 is 2.76. The molecule has 1 aromatic heterocycles. The van der Waals surface area contributed by atoms with Crippen molar-refractivity contribution in [2.75, 3.05) is 6.61 Å². The number of aromatic nitrogens is 1. The smallest absolute Gasteiger partial charge is 0.266 e. The maximum Gasteiger partial charge on any atom is 0.266 e. The number of hydrogen-bond donors (Lipinski definition) is 1. The first kappa shape index (κ1) is 23.7. The molecule has 3 atom stereocenters. The Morgan fingerprint density at radius 1 is 1.26 bits per heavy atom. The van der Waals surface area contributed by atoms with Crippen LogP contribution in [-0.2, 0) is 11.8 Å². The molecule has 3 unspecified atom stereocenters. The summed E-state index contributed by atoms with van der Waals surface area (Å²) in [5.41, 5.74) is 3.78. The topological polar surface area (TPSA) is 45.5 Å². The zero-order chi connectivity index (χ0) is 23.8. The predicted molar refractivity (Wildman–Crippen MR) is 143 cm³/mol. The first-order chi connectivity index (χ1) is 16.5. The van der Waals surface area contributed by atoms with Gasteiger partial charge in [-0.1, -0.05) is 66.0 Å². The minimum absolute atomic E-state index is 0.0392. The summed E-state index contributed by atoms with van der Waals surface area (Å²) in [6.45, 7) is 0.128. The average Bonchev–Trinajstić information content (AvgIpc) is 3.57. The molecule has 0 spiro atoms. The van der Waals surface area contributed by atoms with Gasteiger partial charge in [-0.05, 0) is 67.4 Å². The van der Waals surface area contributed by atoms with Crippen molar-refractivity contribution in [3.05, 3.63) is 51.5 Å². The second-order valence-electron chi connectivity index (χ2n) is 9.32. The molecule has 5 rings (SSSR count). The number of fused-ring (bicyclic) bond motifs is 2. The van der Waals surface area contributed by atoms with Gasteiger partial charge in [0.25, 0.3) is 5.91 Å². The fourth-order valence-electron chi connectivity index (χ4n) is 5.57. The average molecular weight is 511 g/mol. The number of nitrogens with zero attached hydrogens (tertiary/aromatic N) is 2. The van der Waals surface area contributed by atoms with Gasteiger partial charge in [0, 0.05) is 36.8 Å². The second-order valence-corrected chi connectivity index (χ2v) is 11.4. The summed E-state index contributed by atoms with van der Waals surface area (Å²) in [5, 5.41) is 9.75. The van der Waals surface area contributed by atoms with E-state index in [2.05, 4.69) is 16.4 Å². The van der Waals surface area contributed by atoms with Gasteiger partial charge >= 0.3 is 0 Å². The van der Waals surface area contributed by atoms with Gasteiger partial charge in [0.15, 0.2) is 0 Å². The Morgan fingerprint density at radius 3 is 2.74 bits per heavy atom. The van der Waals surface area contributed by atoms with Crippen molar-refractivity contribution < 1.29 is 9.90 Å². The van der Waals surface area contributed by atoms with Gasteiger partial charge in [-0.3, -0.25) is 9.69 Å². The summed E-state index contributed by atoms with van der Waals surface area (Å²) >= 11 is 13.2. The molecule has 2 bridgehead atoms. The van der Waals surface area contributed by atoms with E-state index < -0.39 is 0 Å². The minimum Gasteiger partial charge on any atom is -0.396 e. The van der Waals surface area contributed by atoms with Crippen LogP contribution in [0.15, 0.2) is 35.2 Å². The van der Waals surface area contributed by atoms with E-state index in [1.165, 1.54) is 31.0 Å². The van der Waals surface area contributed by atoms with Gasteiger partial charge in [0.05, 0.1) is 16.2 Å². The molecular formula is C27H27ClN2O2S2. The summed E-state index contributed by atoms with van der Waals surface area (Å²) in [4.78, 5) is 16.0. The minimum atomic E-state index is 0.0392. The lowest BCUT2D eigenvalue weighted by molar-refractivity contribution is -0.124. The fourth-order valence-corrected chi connectivity index (χ4v) is 7.05. The van der Waals surface area contributed by atoms with Crippen LogP contribution >= 0.6 is 35.6 Å². The van der Waals surface area contributed by atoms with E-state index in [-0.39, 0.29) is 18.6 Å². The normalized spacial score (nSPS) is 24.9. The van der Waals surface area contributed by atoms with Crippen molar-refractivity contribution in [2.24, 2.45) is 18.9 Å². The molecule has 2 aromatic rings. The quantitative estimate of drug-likeness (QED) is 0.237. The van der Waals surface area contributed by atoms with E-state index in [0.717, 1.165) is 34.9 Å². The third-order valence-corrected chi connectivity index (χ3v) is 8.79. The number of rotatable bonds is 5. The number of carbonyl (C=O) groups excluding carboxylic acids is 1. The molecule has 2 heterocycles. The Morgan fingerprint density at radius 2 is 2.06 bits per heavy atom. The molecule has 7 heteroatoms. The number of amides is 1. The van der Waals surface area contributed by atoms with E-state index in [0.29, 0.717) is 33.0 Å². The molecule has 4 nitrogen and oxygen atoms in total. The van der Waals surface area contributed by atoms with Crippen LogP contribution in [0.2, 0.25) is 5.02 Å². The Labute approximate surface area is 215 Å². The van der Waals surface area contributed by atoms with E-state index in [1.807, 2.05) is 48.4 Å². The van der Waals surface area contributed by atoms with E-state index in [1.54, 1.807) is 0 Å². The third kappa shape index (κ3) is 4.47. The molecule has 2 saturated carbocycles. The Balaban J connectivity index is 1.48. The molecule has 1 N–H and O–H groups in total. The van der Waals surface area contributed by atoms with Gasteiger partial charge in [0.1, 0.15) is 4.32 Å². The number of carbonyl (C=O) groups is 1.